The van der Waals surface area contributed by atoms with Gasteiger partial charge in [0.05, 0.1) is 0 Å². The lowest BCUT2D eigenvalue weighted by molar-refractivity contribution is -0.138. The molecule has 1 fully saturated rings. The van der Waals surface area contributed by atoms with Crippen LogP contribution in [-0.2, 0) is 11.0 Å². The molecular weight excluding hydrogens is 323 g/mol. The lowest BCUT2D eigenvalue weighted by atomic mass is 10.0. The van der Waals surface area contributed by atoms with E-state index in [0.29, 0.717) is 6.54 Å². The molecule has 1 atom stereocenters. The van der Waals surface area contributed by atoms with Crippen LogP contribution in [0.1, 0.15) is 18.9 Å². The van der Waals surface area contributed by atoms with E-state index in [9.17, 15) is 22.8 Å². The Hall–Kier alpha value is -1.91. The van der Waals surface area contributed by atoms with Crippen molar-refractivity contribution in [1.82, 2.24) is 20.4 Å². The van der Waals surface area contributed by atoms with Gasteiger partial charge in [0, 0.05) is 13.1 Å². The first-order valence-electron chi connectivity index (χ1n) is 6.46. The number of hydrogen-bond donors (Lipinski definition) is 2. The second-order valence-electron chi connectivity index (χ2n) is 5.01. The van der Waals surface area contributed by atoms with E-state index in [-0.39, 0.29) is 34.8 Å². The van der Waals surface area contributed by atoms with E-state index in [1.807, 2.05) is 0 Å². The lowest BCUT2D eigenvalue weighted by Crippen LogP contribution is -2.60. The van der Waals surface area contributed by atoms with Gasteiger partial charge in [-0.15, -0.1) is 10.2 Å². The minimum atomic E-state index is -4.61. The highest BCUT2D eigenvalue weighted by Crippen LogP contribution is 2.33. The van der Waals surface area contributed by atoms with Crippen LogP contribution in [0.25, 0.3) is 0 Å². The maximum atomic E-state index is 12.4. The Morgan fingerprint density at radius 1 is 1.45 bits per heavy atom. The zero-order valence-corrected chi connectivity index (χ0v) is 12.6. The molecule has 122 valence electrons. The van der Waals surface area contributed by atoms with E-state index in [1.54, 1.807) is 13.8 Å². The summed E-state index contributed by atoms with van der Waals surface area (Å²) in [5, 5.41) is 9.80. The number of amides is 3. The summed E-state index contributed by atoms with van der Waals surface area (Å²) in [6.07, 6.45) is -4.61. The summed E-state index contributed by atoms with van der Waals surface area (Å²) in [7, 11) is 0. The zero-order chi connectivity index (χ0) is 16.5. The van der Waals surface area contributed by atoms with Crippen molar-refractivity contribution in [2.45, 2.75) is 26.1 Å². The summed E-state index contributed by atoms with van der Waals surface area (Å²) in [6, 6.07) is -1.35. The normalized spacial score (nSPS) is 19.3. The van der Waals surface area contributed by atoms with Gasteiger partial charge in [0.15, 0.2) is 0 Å². The quantitative estimate of drug-likeness (QED) is 0.857. The van der Waals surface area contributed by atoms with Crippen molar-refractivity contribution >= 4 is 28.4 Å². The van der Waals surface area contributed by atoms with E-state index in [1.165, 1.54) is 4.90 Å². The molecule has 2 N–H and O–H groups in total. The number of aromatic nitrogens is 2. The average Bonchev–Trinajstić information content (AvgIpc) is 2.86. The standard InChI is InChI=1S/C11H14F3N5O2S/c1-5(2)6-7(20)15-3-4-19(6)10(21)16-9-18-17-8(22-9)11(12,13)14/h5-6H,3-4H2,1-2H3,(H,15,20)(H,16,18,21)/t6-/m1/s1. The van der Waals surface area contributed by atoms with Crippen molar-refractivity contribution in [3.63, 3.8) is 0 Å². The molecule has 1 saturated heterocycles. The molecule has 1 aliphatic heterocycles. The predicted octanol–water partition coefficient (Wildman–Crippen LogP) is 1.55. The van der Waals surface area contributed by atoms with Gasteiger partial charge in [0.1, 0.15) is 6.04 Å². The van der Waals surface area contributed by atoms with Gasteiger partial charge in [-0.2, -0.15) is 13.2 Å². The highest BCUT2D eigenvalue weighted by atomic mass is 32.1. The number of carbonyl (C=O) groups is 2. The summed E-state index contributed by atoms with van der Waals surface area (Å²) >= 11 is 0.236. The van der Waals surface area contributed by atoms with E-state index < -0.39 is 23.3 Å². The number of carbonyl (C=O) groups excluding carboxylic acids is 2. The number of urea groups is 1. The fourth-order valence-corrected chi connectivity index (χ4v) is 2.73. The van der Waals surface area contributed by atoms with Gasteiger partial charge >= 0.3 is 12.2 Å². The van der Waals surface area contributed by atoms with Crippen molar-refractivity contribution in [2.24, 2.45) is 5.92 Å². The summed E-state index contributed by atoms with van der Waals surface area (Å²) < 4.78 is 37.3. The SMILES string of the molecule is CC(C)[C@@H]1C(=O)NCCN1C(=O)Nc1nnc(C(F)(F)F)s1. The number of piperazine rings is 1. The van der Waals surface area contributed by atoms with Gasteiger partial charge in [-0.3, -0.25) is 10.1 Å². The van der Waals surface area contributed by atoms with Crippen molar-refractivity contribution in [3.8, 4) is 0 Å². The summed E-state index contributed by atoms with van der Waals surface area (Å²) in [6.45, 7) is 4.12. The van der Waals surface area contributed by atoms with Gasteiger partial charge < -0.3 is 10.2 Å². The third kappa shape index (κ3) is 3.46. The molecule has 22 heavy (non-hydrogen) atoms. The second-order valence-corrected chi connectivity index (χ2v) is 5.99. The Bertz CT molecular complexity index is 574. The first-order chi connectivity index (χ1) is 10.2. The smallest absolute Gasteiger partial charge is 0.353 e. The number of nitrogens with one attached hydrogen (secondary N) is 2. The average molecular weight is 337 g/mol. The Morgan fingerprint density at radius 3 is 2.68 bits per heavy atom. The van der Waals surface area contributed by atoms with Crippen molar-refractivity contribution in [1.29, 1.82) is 0 Å². The monoisotopic (exact) mass is 337 g/mol. The van der Waals surface area contributed by atoms with Crippen LogP contribution < -0.4 is 10.6 Å². The van der Waals surface area contributed by atoms with Crippen LogP contribution in [0.2, 0.25) is 0 Å². The molecular formula is C11H14F3N5O2S. The van der Waals surface area contributed by atoms with E-state index >= 15 is 0 Å². The minimum Gasteiger partial charge on any atom is -0.353 e. The molecule has 0 saturated carbocycles. The van der Waals surface area contributed by atoms with Gasteiger partial charge in [-0.25, -0.2) is 4.79 Å². The molecule has 7 nitrogen and oxygen atoms in total. The fourth-order valence-electron chi connectivity index (χ4n) is 2.13. The topological polar surface area (TPSA) is 87.2 Å². The number of alkyl halides is 3. The number of anilines is 1. The molecule has 11 heteroatoms. The first kappa shape index (κ1) is 16.5. The molecule has 3 amide bonds. The fraction of sp³-hybridized carbons (Fsp3) is 0.636. The number of halogens is 3. The Balaban J connectivity index is 2.10. The van der Waals surface area contributed by atoms with Gasteiger partial charge in [0.2, 0.25) is 16.0 Å². The second kappa shape index (κ2) is 6.07. The molecule has 1 aromatic rings. The Morgan fingerprint density at radius 2 is 2.14 bits per heavy atom. The van der Waals surface area contributed by atoms with Crippen molar-refractivity contribution < 1.29 is 22.8 Å². The maximum absolute atomic E-state index is 12.4. The first-order valence-corrected chi connectivity index (χ1v) is 7.28. The van der Waals surface area contributed by atoms with Crippen molar-refractivity contribution in [3.05, 3.63) is 5.01 Å². The molecule has 0 spiro atoms. The van der Waals surface area contributed by atoms with Crippen LogP contribution in [0.5, 0.6) is 0 Å². The highest BCUT2D eigenvalue weighted by molar-refractivity contribution is 7.15. The van der Waals surface area contributed by atoms with Crippen LogP contribution in [-0.4, -0.2) is 46.2 Å². The lowest BCUT2D eigenvalue weighted by Gasteiger charge is -2.36. The number of hydrogen-bond acceptors (Lipinski definition) is 5. The van der Waals surface area contributed by atoms with Crippen LogP contribution >= 0.6 is 11.3 Å². The molecule has 1 aliphatic rings. The summed E-state index contributed by atoms with van der Waals surface area (Å²) in [5.41, 5.74) is 0. The third-order valence-electron chi connectivity index (χ3n) is 3.03. The largest absolute Gasteiger partial charge is 0.445 e. The number of rotatable bonds is 2. The van der Waals surface area contributed by atoms with E-state index in [0.717, 1.165) is 0 Å². The highest BCUT2D eigenvalue weighted by Gasteiger charge is 2.37. The minimum absolute atomic E-state index is 0.133. The molecule has 2 heterocycles. The molecule has 0 unspecified atom stereocenters. The van der Waals surface area contributed by atoms with Crippen LogP contribution in [0.3, 0.4) is 0 Å². The van der Waals surface area contributed by atoms with Gasteiger partial charge in [0.25, 0.3) is 0 Å². The molecule has 0 aliphatic carbocycles. The van der Waals surface area contributed by atoms with Gasteiger partial charge in [-0.1, -0.05) is 25.2 Å². The van der Waals surface area contributed by atoms with Crippen LogP contribution in [0.15, 0.2) is 0 Å². The Labute approximate surface area is 127 Å². The molecule has 0 bridgehead atoms. The predicted molar refractivity (Wildman–Crippen MR) is 72.3 cm³/mol. The van der Waals surface area contributed by atoms with Crippen molar-refractivity contribution in [2.75, 3.05) is 18.4 Å². The summed E-state index contributed by atoms with van der Waals surface area (Å²) in [5.74, 6) is -0.421. The molecule has 0 radical (unpaired) electrons. The molecule has 2 rings (SSSR count). The summed E-state index contributed by atoms with van der Waals surface area (Å²) in [4.78, 5) is 25.3. The van der Waals surface area contributed by atoms with E-state index in [4.69, 9.17) is 0 Å². The molecule has 1 aromatic heterocycles. The number of nitrogens with zero attached hydrogens (tertiary/aromatic N) is 3. The zero-order valence-electron chi connectivity index (χ0n) is 11.8. The maximum Gasteiger partial charge on any atom is 0.445 e. The van der Waals surface area contributed by atoms with E-state index in [2.05, 4.69) is 20.8 Å². The Kier molecular flexibility index (Phi) is 4.54. The van der Waals surface area contributed by atoms with Crippen LogP contribution in [0, 0.1) is 5.92 Å². The van der Waals surface area contributed by atoms with Crippen LogP contribution in [0.4, 0.5) is 23.1 Å². The molecule has 0 aromatic carbocycles. The third-order valence-corrected chi connectivity index (χ3v) is 3.91. The van der Waals surface area contributed by atoms with Gasteiger partial charge in [-0.05, 0) is 5.92 Å².